The van der Waals surface area contributed by atoms with Crippen molar-refractivity contribution in [3.63, 3.8) is 0 Å². The third-order valence-electron chi connectivity index (χ3n) is 4.16. The summed E-state index contributed by atoms with van der Waals surface area (Å²) < 4.78 is 0. The Morgan fingerprint density at radius 2 is 2.00 bits per heavy atom. The second-order valence-corrected chi connectivity index (χ2v) is 5.97. The summed E-state index contributed by atoms with van der Waals surface area (Å²) in [6.07, 6.45) is 10.5. The minimum Gasteiger partial charge on any atom is -0.388 e. The number of hydrogen-bond donors (Lipinski definition) is 2. The topological polar surface area (TPSA) is 40.5 Å². The summed E-state index contributed by atoms with van der Waals surface area (Å²) >= 11 is 0. The molecule has 1 fully saturated rings. The van der Waals surface area contributed by atoms with Crippen molar-refractivity contribution >= 4 is 6.08 Å². The zero-order chi connectivity index (χ0) is 14.4. The Hall–Kier alpha value is -1.12. The van der Waals surface area contributed by atoms with Gasteiger partial charge in [-0.15, -0.1) is 0 Å². The van der Waals surface area contributed by atoms with Crippen LogP contribution >= 0.6 is 0 Å². The normalized spacial score (nSPS) is 20.1. The van der Waals surface area contributed by atoms with E-state index in [0.29, 0.717) is 0 Å². The van der Waals surface area contributed by atoms with Crippen LogP contribution in [0.4, 0.5) is 0 Å². The molecule has 2 N–H and O–H groups in total. The van der Waals surface area contributed by atoms with Gasteiger partial charge in [0.25, 0.3) is 0 Å². The summed E-state index contributed by atoms with van der Waals surface area (Å²) in [5, 5.41) is 20.5. The molecule has 0 saturated heterocycles. The molecule has 0 radical (unpaired) electrons. The average Bonchev–Trinajstić information content (AvgIpc) is 2.47. The van der Waals surface area contributed by atoms with E-state index < -0.39 is 5.60 Å². The Labute approximate surface area is 122 Å². The molecule has 2 heteroatoms. The highest BCUT2D eigenvalue weighted by Gasteiger charge is 2.25. The first-order chi connectivity index (χ1) is 9.63. The second-order valence-electron chi connectivity index (χ2n) is 5.97. The molecule has 2 nitrogen and oxygen atoms in total. The first kappa shape index (κ1) is 15.3. The minimum atomic E-state index is -0.629. The van der Waals surface area contributed by atoms with Crippen molar-refractivity contribution in [1.82, 2.24) is 0 Å². The Kier molecular flexibility index (Phi) is 5.38. The van der Waals surface area contributed by atoms with Gasteiger partial charge in [-0.3, -0.25) is 0 Å². The van der Waals surface area contributed by atoms with Gasteiger partial charge in [-0.25, -0.2) is 0 Å². The van der Waals surface area contributed by atoms with Gasteiger partial charge in [0.1, 0.15) is 0 Å². The maximum Gasteiger partial charge on any atom is 0.0830 e. The van der Waals surface area contributed by atoms with E-state index in [1.165, 1.54) is 6.42 Å². The van der Waals surface area contributed by atoms with E-state index in [4.69, 9.17) is 0 Å². The Bertz CT molecular complexity index is 444. The van der Waals surface area contributed by atoms with E-state index in [-0.39, 0.29) is 6.10 Å². The molecule has 1 aliphatic rings. The third kappa shape index (κ3) is 4.19. The van der Waals surface area contributed by atoms with E-state index in [2.05, 4.69) is 6.92 Å². The van der Waals surface area contributed by atoms with Crippen LogP contribution in [0.1, 0.15) is 69.1 Å². The monoisotopic (exact) mass is 274 g/mol. The van der Waals surface area contributed by atoms with E-state index in [9.17, 15) is 10.2 Å². The van der Waals surface area contributed by atoms with Gasteiger partial charge < -0.3 is 10.2 Å². The lowest BCUT2D eigenvalue weighted by Crippen LogP contribution is -2.28. The molecule has 1 aromatic carbocycles. The molecule has 1 aliphatic carbocycles. The number of aliphatic hydroxyl groups is 2. The lowest BCUT2D eigenvalue weighted by Gasteiger charge is -2.28. The Morgan fingerprint density at radius 3 is 2.70 bits per heavy atom. The van der Waals surface area contributed by atoms with Crippen molar-refractivity contribution in [3.8, 4) is 0 Å². The van der Waals surface area contributed by atoms with Gasteiger partial charge in [0, 0.05) is 0 Å². The quantitative estimate of drug-likeness (QED) is 0.843. The first-order valence-electron chi connectivity index (χ1n) is 7.82. The molecule has 1 atom stereocenters. The van der Waals surface area contributed by atoms with E-state index in [1.807, 2.05) is 36.4 Å². The molecule has 1 saturated carbocycles. The summed E-state index contributed by atoms with van der Waals surface area (Å²) in [4.78, 5) is 0. The van der Waals surface area contributed by atoms with Crippen molar-refractivity contribution in [1.29, 1.82) is 0 Å². The SMILES string of the molecule is CCCC(O)c1cccc(/C=C/C2(O)CCCCC2)c1. The zero-order valence-electron chi connectivity index (χ0n) is 12.4. The van der Waals surface area contributed by atoms with Crippen molar-refractivity contribution in [3.05, 3.63) is 41.5 Å². The smallest absolute Gasteiger partial charge is 0.0830 e. The van der Waals surface area contributed by atoms with E-state index >= 15 is 0 Å². The van der Waals surface area contributed by atoms with Crippen LogP contribution in [0.3, 0.4) is 0 Å². The van der Waals surface area contributed by atoms with Gasteiger partial charge in [0.05, 0.1) is 11.7 Å². The lowest BCUT2D eigenvalue weighted by molar-refractivity contribution is 0.0521. The first-order valence-corrected chi connectivity index (χ1v) is 7.82. The average molecular weight is 274 g/mol. The molecular weight excluding hydrogens is 248 g/mol. The molecule has 1 unspecified atom stereocenters. The van der Waals surface area contributed by atoms with Gasteiger partial charge >= 0.3 is 0 Å². The molecule has 0 aromatic heterocycles. The van der Waals surface area contributed by atoms with Crippen LogP contribution in [-0.2, 0) is 0 Å². The fourth-order valence-electron chi connectivity index (χ4n) is 2.89. The van der Waals surface area contributed by atoms with Crippen LogP contribution in [0, 0.1) is 0 Å². The van der Waals surface area contributed by atoms with Crippen LogP contribution < -0.4 is 0 Å². The molecule has 2 rings (SSSR count). The summed E-state index contributed by atoms with van der Waals surface area (Å²) in [6, 6.07) is 7.97. The number of benzene rings is 1. The van der Waals surface area contributed by atoms with E-state index in [0.717, 1.165) is 49.7 Å². The van der Waals surface area contributed by atoms with Gasteiger partial charge in [0.2, 0.25) is 0 Å². The summed E-state index contributed by atoms with van der Waals surface area (Å²) in [5.74, 6) is 0. The highest BCUT2D eigenvalue weighted by Crippen LogP contribution is 2.30. The number of hydrogen-bond acceptors (Lipinski definition) is 2. The van der Waals surface area contributed by atoms with Crippen LogP contribution in [0.15, 0.2) is 30.3 Å². The number of aliphatic hydroxyl groups excluding tert-OH is 1. The standard InChI is InChI=1S/C18H26O2/c1-2-7-17(19)16-9-6-8-15(14-16)10-13-18(20)11-4-3-5-12-18/h6,8-10,13-14,17,19-20H,2-5,7,11-12H2,1H3/b13-10+. The third-order valence-corrected chi connectivity index (χ3v) is 4.16. The predicted octanol–water partition coefficient (Wildman–Crippen LogP) is 4.23. The van der Waals surface area contributed by atoms with Crippen molar-refractivity contribution < 1.29 is 10.2 Å². The van der Waals surface area contributed by atoms with Crippen LogP contribution in [0.5, 0.6) is 0 Å². The van der Waals surface area contributed by atoms with Crippen LogP contribution in [0.2, 0.25) is 0 Å². The minimum absolute atomic E-state index is 0.383. The summed E-state index contributed by atoms with van der Waals surface area (Å²) in [5.41, 5.74) is 1.39. The van der Waals surface area contributed by atoms with Crippen LogP contribution in [-0.4, -0.2) is 15.8 Å². The second kappa shape index (κ2) is 7.05. The molecule has 0 aliphatic heterocycles. The Morgan fingerprint density at radius 1 is 1.25 bits per heavy atom. The maximum absolute atomic E-state index is 10.5. The highest BCUT2D eigenvalue weighted by molar-refractivity contribution is 5.52. The Balaban J connectivity index is 2.07. The van der Waals surface area contributed by atoms with Crippen molar-refractivity contribution in [2.45, 2.75) is 63.6 Å². The summed E-state index contributed by atoms with van der Waals surface area (Å²) in [6.45, 7) is 2.07. The fraction of sp³-hybridized carbons (Fsp3) is 0.556. The molecule has 1 aromatic rings. The highest BCUT2D eigenvalue weighted by atomic mass is 16.3. The fourth-order valence-corrected chi connectivity index (χ4v) is 2.89. The molecular formula is C18H26O2. The molecule has 0 bridgehead atoms. The molecule has 0 heterocycles. The van der Waals surface area contributed by atoms with Gasteiger partial charge in [-0.1, -0.05) is 63.0 Å². The van der Waals surface area contributed by atoms with Crippen LogP contribution in [0.25, 0.3) is 6.08 Å². The van der Waals surface area contributed by atoms with Crippen molar-refractivity contribution in [2.24, 2.45) is 0 Å². The largest absolute Gasteiger partial charge is 0.388 e. The maximum atomic E-state index is 10.5. The van der Waals surface area contributed by atoms with Gasteiger partial charge in [-0.2, -0.15) is 0 Å². The molecule has 20 heavy (non-hydrogen) atoms. The number of rotatable bonds is 5. The summed E-state index contributed by atoms with van der Waals surface area (Å²) in [7, 11) is 0. The predicted molar refractivity (Wildman–Crippen MR) is 83.4 cm³/mol. The zero-order valence-corrected chi connectivity index (χ0v) is 12.4. The molecule has 0 amide bonds. The molecule has 0 spiro atoms. The van der Waals surface area contributed by atoms with E-state index in [1.54, 1.807) is 0 Å². The molecule has 110 valence electrons. The lowest BCUT2D eigenvalue weighted by atomic mass is 9.84. The van der Waals surface area contributed by atoms with Crippen molar-refractivity contribution in [2.75, 3.05) is 0 Å². The van der Waals surface area contributed by atoms with Gasteiger partial charge in [-0.05, 0) is 36.5 Å². The van der Waals surface area contributed by atoms with Gasteiger partial charge in [0.15, 0.2) is 0 Å².